The van der Waals surface area contributed by atoms with Crippen LogP contribution in [0.3, 0.4) is 0 Å². The summed E-state index contributed by atoms with van der Waals surface area (Å²) in [5.74, 6) is 0.266. The Morgan fingerprint density at radius 1 is 1.26 bits per heavy atom. The van der Waals surface area contributed by atoms with Crippen molar-refractivity contribution in [1.82, 2.24) is 9.55 Å². The molecule has 1 fully saturated rings. The number of ketones is 1. The summed E-state index contributed by atoms with van der Waals surface area (Å²) in [6.45, 7) is 4.17. The zero-order valence-corrected chi connectivity index (χ0v) is 16.5. The number of aromatic nitrogens is 2. The molecule has 0 spiro atoms. The first-order valence-corrected chi connectivity index (χ1v) is 10.8. The lowest BCUT2D eigenvalue weighted by atomic mass is 9.99. The quantitative estimate of drug-likeness (QED) is 0.454. The van der Waals surface area contributed by atoms with E-state index in [1.165, 1.54) is 23.1 Å². The largest absolute Gasteiger partial charge is 0.298 e. The van der Waals surface area contributed by atoms with Gasteiger partial charge in [0.05, 0.1) is 10.6 Å². The van der Waals surface area contributed by atoms with Crippen molar-refractivity contribution in [3.63, 3.8) is 0 Å². The van der Waals surface area contributed by atoms with Crippen LogP contribution in [0.5, 0.6) is 0 Å². The maximum absolute atomic E-state index is 13.3. The van der Waals surface area contributed by atoms with Gasteiger partial charge in [-0.1, -0.05) is 54.6 Å². The highest BCUT2D eigenvalue weighted by Gasteiger charge is 2.26. The minimum absolute atomic E-state index is 0.0641. The van der Waals surface area contributed by atoms with Gasteiger partial charge in [-0.15, -0.1) is 17.9 Å². The van der Waals surface area contributed by atoms with Crippen LogP contribution in [0.2, 0.25) is 0 Å². The second-order valence-electron chi connectivity index (χ2n) is 6.61. The van der Waals surface area contributed by atoms with Crippen LogP contribution < -0.4 is 5.56 Å². The zero-order chi connectivity index (χ0) is 18.8. The zero-order valence-electron chi connectivity index (χ0n) is 14.9. The van der Waals surface area contributed by atoms with Gasteiger partial charge in [0, 0.05) is 23.9 Å². The van der Waals surface area contributed by atoms with Crippen LogP contribution in [-0.4, -0.2) is 20.6 Å². The summed E-state index contributed by atoms with van der Waals surface area (Å²) in [5.41, 5.74) is 1.86. The number of allylic oxidation sites excluding steroid dienone is 1. The van der Waals surface area contributed by atoms with Crippen molar-refractivity contribution in [2.75, 3.05) is 0 Å². The van der Waals surface area contributed by atoms with E-state index >= 15 is 0 Å². The van der Waals surface area contributed by atoms with Gasteiger partial charge in [0.2, 0.25) is 0 Å². The SMILES string of the molecule is C=CCn1c(SC2CCCCC2=O)nc2scc(-c3ccccc3)c2c1=O. The van der Waals surface area contributed by atoms with E-state index in [-0.39, 0.29) is 16.6 Å². The van der Waals surface area contributed by atoms with Gasteiger partial charge in [-0.2, -0.15) is 0 Å². The molecule has 4 rings (SSSR count). The molecule has 2 heterocycles. The van der Waals surface area contributed by atoms with Crippen molar-refractivity contribution < 1.29 is 4.79 Å². The van der Waals surface area contributed by atoms with Crippen LogP contribution in [0.25, 0.3) is 21.3 Å². The summed E-state index contributed by atoms with van der Waals surface area (Å²) in [5, 5.41) is 3.15. The van der Waals surface area contributed by atoms with Crippen molar-refractivity contribution in [2.45, 2.75) is 42.6 Å². The Morgan fingerprint density at radius 3 is 2.81 bits per heavy atom. The van der Waals surface area contributed by atoms with Crippen LogP contribution in [0, 0.1) is 0 Å². The van der Waals surface area contributed by atoms with Gasteiger partial charge in [0.15, 0.2) is 5.16 Å². The van der Waals surface area contributed by atoms with Crippen LogP contribution in [0.4, 0.5) is 0 Å². The lowest BCUT2D eigenvalue weighted by Crippen LogP contribution is -2.26. The first kappa shape index (κ1) is 18.2. The number of thiophene rings is 1. The Balaban J connectivity index is 1.83. The third kappa shape index (κ3) is 3.51. The van der Waals surface area contributed by atoms with E-state index in [2.05, 4.69) is 6.58 Å². The Kier molecular flexibility index (Phi) is 5.27. The first-order chi connectivity index (χ1) is 13.2. The minimum Gasteiger partial charge on any atom is -0.298 e. The summed E-state index contributed by atoms with van der Waals surface area (Å²) in [7, 11) is 0. The highest BCUT2D eigenvalue weighted by atomic mass is 32.2. The van der Waals surface area contributed by atoms with Crippen molar-refractivity contribution in [3.05, 3.63) is 58.7 Å². The van der Waals surface area contributed by atoms with Crippen LogP contribution in [0.1, 0.15) is 25.7 Å². The smallest absolute Gasteiger partial charge is 0.263 e. The van der Waals surface area contributed by atoms with E-state index in [0.717, 1.165) is 35.2 Å². The molecule has 2 aromatic heterocycles. The molecule has 1 aliphatic rings. The summed E-state index contributed by atoms with van der Waals surface area (Å²) >= 11 is 2.91. The molecule has 6 heteroatoms. The summed E-state index contributed by atoms with van der Waals surface area (Å²) in [6, 6.07) is 9.90. The highest BCUT2D eigenvalue weighted by Crippen LogP contribution is 2.34. The predicted molar refractivity (Wildman–Crippen MR) is 113 cm³/mol. The molecule has 1 aliphatic carbocycles. The molecule has 1 saturated carbocycles. The number of nitrogens with zero attached hydrogens (tertiary/aromatic N) is 2. The summed E-state index contributed by atoms with van der Waals surface area (Å²) in [6.07, 6.45) is 5.20. The number of carbonyl (C=O) groups excluding carboxylic acids is 1. The molecule has 27 heavy (non-hydrogen) atoms. The van der Waals surface area contributed by atoms with E-state index in [4.69, 9.17) is 4.98 Å². The average molecular weight is 397 g/mol. The van der Waals surface area contributed by atoms with E-state index in [0.29, 0.717) is 23.5 Å². The standard InChI is InChI=1S/C21H20N2O2S2/c1-2-12-23-20(25)18-15(14-8-4-3-5-9-14)13-26-19(18)22-21(23)27-17-11-7-6-10-16(17)24/h2-5,8-9,13,17H,1,6-7,10-12H2. The van der Waals surface area contributed by atoms with Crippen LogP contribution in [0.15, 0.2) is 58.3 Å². The Labute approximate surface area is 165 Å². The lowest BCUT2D eigenvalue weighted by molar-refractivity contribution is -0.119. The number of Topliss-reactive ketones (excluding diaryl/α,β-unsaturated/α-hetero) is 1. The molecular weight excluding hydrogens is 376 g/mol. The first-order valence-electron chi connectivity index (χ1n) is 9.06. The molecule has 0 N–H and O–H groups in total. The highest BCUT2D eigenvalue weighted by molar-refractivity contribution is 8.00. The van der Waals surface area contributed by atoms with Crippen molar-refractivity contribution >= 4 is 39.1 Å². The second-order valence-corrected chi connectivity index (χ2v) is 8.64. The number of hydrogen-bond donors (Lipinski definition) is 0. The number of hydrogen-bond acceptors (Lipinski definition) is 5. The summed E-state index contributed by atoms with van der Waals surface area (Å²) in [4.78, 5) is 31.1. The van der Waals surface area contributed by atoms with Crippen molar-refractivity contribution in [2.24, 2.45) is 0 Å². The van der Waals surface area contributed by atoms with Gasteiger partial charge in [-0.25, -0.2) is 4.98 Å². The van der Waals surface area contributed by atoms with Crippen LogP contribution in [-0.2, 0) is 11.3 Å². The molecule has 0 bridgehead atoms. The van der Waals surface area contributed by atoms with E-state index < -0.39 is 0 Å². The number of thioether (sulfide) groups is 1. The van der Waals surface area contributed by atoms with E-state index in [9.17, 15) is 9.59 Å². The fraction of sp³-hybridized carbons (Fsp3) is 0.286. The molecule has 138 valence electrons. The van der Waals surface area contributed by atoms with E-state index in [1.54, 1.807) is 10.6 Å². The van der Waals surface area contributed by atoms with Crippen molar-refractivity contribution in [3.8, 4) is 11.1 Å². The Morgan fingerprint density at radius 2 is 2.07 bits per heavy atom. The molecule has 1 unspecified atom stereocenters. The van der Waals surface area contributed by atoms with Gasteiger partial charge in [-0.05, 0) is 18.4 Å². The molecule has 1 atom stereocenters. The van der Waals surface area contributed by atoms with Gasteiger partial charge >= 0.3 is 0 Å². The topological polar surface area (TPSA) is 52.0 Å². The fourth-order valence-corrected chi connectivity index (χ4v) is 5.63. The summed E-state index contributed by atoms with van der Waals surface area (Å²) < 4.78 is 1.65. The van der Waals surface area contributed by atoms with Gasteiger partial charge in [0.1, 0.15) is 10.6 Å². The predicted octanol–water partition coefficient (Wildman–Crippen LogP) is 4.91. The van der Waals surface area contributed by atoms with Crippen LogP contribution >= 0.6 is 23.1 Å². The minimum atomic E-state index is -0.104. The third-order valence-corrected chi connectivity index (χ3v) is 6.98. The normalized spacial score (nSPS) is 17.3. The molecule has 1 aromatic carbocycles. The molecular formula is C21H20N2O2S2. The molecule has 0 radical (unpaired) electrons. The molecule has 3 aromatic rings. The fourth-order valence-electron chi connectivity index (χ4n) is 3.42. The number of carbonyl (C=O) groups is 1. The maximum Gasteiger partial charge on any atom is 0.263 e. The molecule has 4 nitrogen and oxygen atoms in total. The second kappa shape index (κ2) is 7.82. The lowest BCUT2D eigenvalue weighted by Gasteiger charge is -2.20. The van der Waals surface area contributed by atoms with Gasteiger partial charge in [-0.3, -0.25) is 14.2 Å². The molecule has 0 aliphatic heterocycles. The number of rotatable bonds is 5. The molecule has 0 amide bonds. The monoisotopic (exact) mass is 396 g/mol. The third-order valence-electron chi connectivity index (χ3n) is 4.80. The van der Waals surface area contributed by atoms with Gasteiger partial charge in [0.25, 0.3) is 5.56 Å². The number of benzene rings is 1. The van der Waals surface area contributed by atoms with E-state index in [1.807, 2.05) is 35.7 Å². The van der Waals surface area contributed by atoms with Crippen molar-refractivity contribution in [1.29, 1.82) is 0 Å². The molecule has 0 saturated heterocycles. The average Bonchev–Trinajstić information content (AvgIpc) is 3.11. The Hall–Kier alpha value is -2.18. The maximum atomic E-state index is 13.3. The number of fused-ring (bicyclic) bond motifs is 1. The Bertz CT molecular complexity index is 1050. The van der Waals surface area contributed by atoms with Gasteiger partial charge < -0.3 is 0 Å².